The van der Waals surface area contributed by atoms with Gasteiger partial charge in [0.2, 0.25) is 11.9 Å². The van der Waals surface area contributed by atoms with Gasteiger partial charge in [-0.25, -0.2) is 14.8 Å². The van der Waals surface area contributed by atoms with Crippen molar-refractivity contribution in [1.29, 1.82) is 0 Å². The van der Waals surface area contributed by atoms with E-state index in [1.54, 1.807) is 35.9 Å². The Labute approximate surface area is 326 Å². The van der Waals surface area contributed by atoms with Gasteiger partial charge in [-0.1, -0.05) is 6.07 Å². The van der Waals surface area contributed by atoms with Crippen molar-refractivity contribution in [3.63, 3.8) is 0 Å². The third kappa shape index (κ3) is 8.51. The van der Waals surface area contributed by atoms with E-state index in [0.29, 0.717) is 29.8 Å². The van der Waals surface area contributed by atoms with E-state index in [-0.39, 0.29) is 24.3 Å². The van der Waals surface area contributed by atoms with Crippen LogP contribution < -0.4 is 25.8 Å². The maximum absolute atomic E-state index is 13.3. The zero-order valence-corrected chi connectivity index (χ0v) is 31.4. The van der Waals surface area contributed by atoms with Gasteiger partial charge in [-0.15, -0.1) is 0 Å². The van der Waals surface area contributed by atoms with E-state index in [4.69, 9.17) is 0 Å². The number of pyridine rings is 2. The van der Waals surface area contributed by atoms with Crippen molar-refractivity contribution >= 4 is 46.5 Å². The van der Waals surface area contributed by atoms with Gasteiger partial charge in [0.15, 0.2) is 0 Å². The van der Waals surface area contributed by atoms with Gasteiger partial charge in [0, 0.05) is 118 Å². The number of aromatic nitrogens is 4. The highest BCUT2D eigenvalue weighted by Gasteiger charge is 2.30. The number of anilines is 5. The van der Waals surface area contributed by atoms with Crippen LogP contribution in [-0.4, -0.2) is 99.4 Å². The zero-order valence-electron chi connectivity index (χ0n) is 31.4. The molecule has 14 nitrogen and oxygen atoms in total. The summed E-state index contributed by atoms with van der Waals surface area (Å²) in [5.74, 6) is 0.0448. The molecular weight excluding hydrogens is 707 g/mol. The van der Waals surface area contributed by atoms with Gasteiger partial charge in [0.1, 0.15) is 0 Å². The van der Waals surface area contributed by atoms with Gasteiger partial charge in [-0.05, 0) is 91.6 Å². The summed E-state index contributed by atoms with van der Waals surface area (Å²) in [6.45, 7) is 8.92. The summed E-state index contributed by atoms with van der Waals surface area (Å²) in [5.41, 5.74) is 7.67. The molecule has 8 rings (SSSR count). The van der Waals surface area contributed by atoms with E-state index < -0.39 is 0 Å². The van der Waals surface area contributed by atoms with Crippen molar-refractivity contribution in [1.82, 2.24) is 35.1 Å². The Balaban J connectivity index is 0.808. The summed E-state index contributed by atoms with van der Waals surface area (Å²) in [7, 11) is 0. The molecular formula is C42H45N11O3. The SMILES string of the molecule is Cc1ccc(NC(=O)c2ccc(N3CCC(N4CCN(Cc5ccncc5N5CCC(=O)NC5=O)CC4)CC3)cc2)cc1Nc1nccc(-c2cccnc2)n1. The molecule has 0 atom stereocenters. The number of benzene rings is 2. The highest BCUT2D eigenvalue weighted by molar-refractivity contribution is 6.06. The summed E-state index contributed by atoms with van der Waals surface area (Å²) in [6, 6.07) is 21.4. The van der Waals surface area contributed by atoms with Gasteiger partial charge < -0.3 is 15.5 Å². The molecule has 6 heterocycles. The number of hydrogen-bond donors (Lipinski definition) is 3. The normalized spacial score (nSPS) is 17.1. The maximum atomic E-state index is 13.3. The molecule has 3 N–H and O–H groups in total. The van der Waals surface area contributed by atoms with Crippen molar-refractivity contribution in [2.45, 2.75) is 38.8 Å². The first-order valence-corrected chi connectivity index (χ1v) is 19.1. The fourth-order valence-electron chi connectivity index (χ4n) is 7.68. The lowest BCUT2D eigenvalue weighted by Gasteiger charge is -2.43. The van der Waals surface area contributed by atoms with Crippen LogP contribution in [0.1, 0.15) is 40.7 Å². The van der Waals surface area contributed by atoms with Crippen LogP contribution in [-0.2, 0) is 11.3 Å². The summed E-state index contributed by atoms with van der Waals surface area (Å²) in [6.07, 6.45) is 11.1. The number of amides is 4. The quantitative estimate of drug-likeness (QED) is 0.167. The van der Waals surface area contributed by atoms with Gasteiger partial charge in [-0.3, -0.25) is 39.6 Å². The van der Waals surface area contributed by atoms with E-state index in [0.717, 1.165) is 98.1 Å². The minimum absolute atomic E-state index is 0.173. The Morgan fingerprint density at radius 1 is 0.857 bits per heavy atom. The van der Waals surface area contributed by atoms with Crippen molar-refractivity contribution in [2.75, 3.05) is 66.2 Å². The van der Waals surface area contributed by atoms with Crippen molar-refractivity contribution in [3.05, 3.63) is 114 Å². The monoisotopic (exact) mass is 751 g/mol. The number of nitrogens with one attached hydrogen (secondary N) is 3. The fraction of sp³-hybridized carbons (Fsp3) is 0.310. The molecule has 0 saturated carbocycles. The number of carbonyl (C=O) groups excluding carboxylic acids is 3. The van der Waals surface area contributed by atoms with Crippen LogP contribution in [0.4, 0.5) is 33.5 Å². The van der Waals surface area contributed by atoms with Crippen LogP contribution in [0.15, 0.2) is 97.7 Å². The van der Waals surface area contributed by atoms with Crippen molar-refractivity contribution in [2.24, 2.45) is 0 Å². The van der Waals surface area contributed by atoms with Crippen LogP contribution in [0.25, 0.3) is 11.3 Å². The van der Waals surface area contributed by atoms with Crippen LogP contribution >= 0.6 is 0 Å². The minimum Gasteiger partial charge on any atom is -0.371 e. The molecule has 3 saturated heterocycles. The van der Waals surface area contributed by atoms with Crippen LogP contribution in [0, 0.1) is 6.92 Å². The van der Waals surface area contributed by atoms with Crippen LogP contribution in [0.3, 0.4) is 0 Å². The predicted molar refractivity (Wildman–Crippen MR) is 216 cm³/mol. The number of imide groups is 1. The maximum Gasteiger partial charge on any atom is 0.328 e. The zero-order chi connectivity index (χ0) is 38.4. The molecule has 2 aromatic carbocycles. The second-order valence-corrected chi connectivity index (χ2v) is 14.5. The van der Waals surface area contributed by atoms with Gasteiger partial charge >= 0.3 is 6.03 Å². The van der Waals surface area contributed by atoms with Gasteiger partial charge in [-0.2, -0.15) is 0 Å². The molecule has 3 fully saturated rings. The van der Waals surface area contributed by atoms with Crippen molar-refractivity contribution < 1.29 is 14.4 Å². The molecule has 4 amide bonds. The average molecular weight is 752 g/mol. The summed E-state index contributed by atoms with van der Waals surface area (Å²) < 4.78 is 0. The van der Waals surface area contributed by atoms with Crippen LogP contribution in [0.2, 0.25) is 0 Å². The smallest absolute Gasteiger partial charge is 0.328 e. The summed E-state index contributed by atoms with van der Waals surface area (Å²) in [4.78, 5) is 64.0. The van der Waals surface area contributed by atoms with Crippen molar-refractivity contribution in [3.8, 4) is 11.3 Å². The molecule has 0 bridgehead atoms. The molecule has 0 spiro atoms. The Kier molecular flexibility index (Phi) is 10.9. The lowest BCUT2D eigenvalue weighted by Crippen LogP contribution is -2.53. The topological polar surface area (TPSA) is 152 Å². The van der Waals surface area contributed by atoms with E-state index in [2.05, 4.69) is 50.6 Å². The largest absolute Gasteiger partial charge is 0.371 e. The van der Waals surface area contributed by atoms with Gasteiger partial charge in [0.25, 0.3) is 5.91 Å². The Bertz CT molecular complexity index is 2180. The fourth-order valence-corrected chi connectivity index (χ4v) is 7.68. The average Bonchev–Trinajstić information content (AvgIpc) is 3.23. The molecule has 56 heavy (non-hydrogen) atoms. The number of piperidine rings is 1. The van der Waals surface area contributed by atoms with E-state index >= 15 is 0 Å². The first kappa shape index (κ1) is 36.7. The number of rotatable bonds is 10. The lowest BCUT2D eigenvalue weighted by molar-refractivity contribution is -0.120. The molecule has 14 heteroatoms. The highest BCUT2D eigenvalue weighted by Crippen LogP contribution is 2.28. The summed E-state index contributed by atoms with van der Waals surface area (Å²) >= 11 is 0. The molecule has 3 aromatic heterocycles. The molecule has 0 radical (unpaired) electrons. The number of urea groups is 1. The standard InChI is InChI=1S/C42H45N11O3/c1-29-4-7-33(25-37(29)48-41-45-17-11-36(47-41)31-3-2-15-43-26-31)46-40(55)30-5-8-34(9-6-30)51-18-12-35(13-19-51)52-23-21-50(22-24-52)28-32-10-16-44-27-38(32)53-20-14-39(54)49-42(53)56/h2-11,15-17,25-27,35H,12-14,18-24,28H2,1H3,(H,46,55)(H,45,47,48)(H,49,54,56). The van der Waals surface area contributed by atoms with Crippen LogP contribution in [0.5, 0.6) is 0 Å². The van der Waals surface area contributed by atoms with Gasteiger partial charge in [0.05, 0.1) is 17.6 Å². The third-order valence-corrected chi connectivity index (χ3v) is 10.9. The first-order valence-electron chi connectivity index (χ1n) is 19.1. The Morgan fingerprint density at radius 2 is 1.66 bits per heavy atom. The molecule has 3 aliphatic heterocycles. The Morgan fingerprint density at radius 3 is 2.43 bits per heavy atom. The summed E-state index contributed by atoms with van der Waals surface area (Å²) in [5, 5.41) is 8.76. The first-order chi connectivity index (χ1) is 27.4. The predicted octanol–water partition coefficient (Wildman–Crippen LogP) is 5.47. The number of hydrogen-bond acceptors (Lipinski definition) is 11. The molecule has 0 aliphatic carbocycles. The number of aryl methyl sites for hydroxylation is 1. The van der Waals surface area contributed by atoms with E-state index in [1.165, 1.54) is 0 Å². The Hall–Kier alpha value is -6.25. The lowest BCUT2D eigenvalue weighted by atomic mass is 10.0. The second kappa shape index (κ2) is 16.6. The molecule has 3 aliphatic rings. The van der Waals surface area contributed by atoms with E-state index in [1.807, 2.05) is 73.7 Å². The third-order valence-electron chi connectivity index (χ3n) is 10.9. The molecule has 286 valence electrons. The minimum atomic E-state index is -0.383. The number of nitrogens with zero attached hydrogens (tertiary/aromatic N) is 8. The second-order valence-electron chi connectivity index (χ2n) is 14.5. The molecule has 0 unspecified atom stereocenters. The number of carbonyl (C=O) groups is 3. The van der Waals surface area contributed by atoms with E-state index in [9.17, 15) is 14.4 Å². The highest BCUT2D eigenvalue weighted by atomic mass is 16.2. The number of piperazine rings is 1. The molecule has 5 aromatic rings.